The number of carbonyl (C=O) groups is 2. The Hall–Kier alpha value is -2.66. The molecule has 2 N–H and O–H groups in total. The van der Waals surface area contributed by atoms with Crippen molar-refractivity contribution >= 4 is 40.9 Å². The molecule has 0 radical (unpaired) electrons. The average Bonchev–Trinajstić information content (AvgIpc) is 2.50. The third kappa shape index (κ3) is 5.23. The second kappa shape index (κ2) is 7.56. The van der Waals surface area contributed by atoms with E-state index in [0.29, 0.717) is 11.4 Å². The van der Waals surface area contributed by atoms with Gasteiger partial charge < -0.3 is 10.6 Å². The summed E-state index contributed by atoms with van der Waals surface area (Å²) < 4.78 is 13.0. The zero-order chi connectivity index (χ0) is 16.8. The molecule has 0 atom stereocenters. The smallest absolute Gasteiger partial charge is 0.248 e. The summed E-state index contributed by atoms with van der Waals surface area (Å²) >= 11 is 5.65. The minimum atomic E-state index is -0.542. The van der Waals surface area contributed by atoms with E-state index in [1.54, 1.807) is 30.3 Å². The van der Waals surface area contributed by atoms with Gasteiger partial charge in [-0.1, -0.05) is 23.7 Å². The van der Waals surface area contributed by atoms with Crippen molar-refractivity contribution in [2.75, 3.05) is 10.6 Å². The summed E-state index contributed by atoms with van der Waals surface area (Å²) in [7, 11) is 0. The molecule has 0 bridgehead atoms. The number of hydrogen-bond donors (Lipinski definition) is 2. The topological polar surface area (TPSA) is 58.2 Å². The Morgan fingerprint density at radius 3 is 2.30 bits per heavy atom. The predicted octanol–water partition coefficient (Wildman–Crippen LogP) is 4.09. The van der Waals surface area contributed by atoms with E-state index in [9.17, 15) is 14.0 Å². The minimum absolute atomic E-state index is 0.0552. The third-order valence-electron chi connectivity index (χ3n) is 2.85. The Kier molecular flexibility index (Phi) is 5.49. The molecule has 0 aliphatic heterocycles. The van der Waals surface area contributed by atoms with Crippen LogP contribution in [0, 0.1) is 5.82 Å². The first kappa shape index (κ1) is 16.7. The first-order valence-electron chi connectivity index (χ1n) is 6.76. The zero-order valence-corrected chi connectivity index (χ0v) is 13.0. The summed E-state index contributed by atoms with van der Waals surface area (Å²) in [6, 6.07) is 11.0. The van der Waals surface area contributed by atoms with Crippen molar-refractivity contribution in [3.63, 3.8) is 0 Å². The lowest BCUT2D eigenvalue weighted by atomic mass is 10.2. The Morgan fingerprint density at radius 1 is 1.04 bits per heavy atom. The average molecular weight is 333 g/mol. The highest BCUT2D eigenvalue weighted by Crippen LogP contribution is 2.19. The molecule has 0 aliphatic rings. The molecule has 2 aromatic rings. The lowest BCUT2D eigenvalue weighted by Gasteiger charge is -2.03. The lowest BCUT2D eigenvalue weighted by molar-refractivity contribution is -0.114. The van der Waals surface area contributed by atoms with Crippen LogP contribution in [0.1, 0.15) is 12.5 Å². The highest BCUT2D eigenvalue weighted by Gasteiger charge is 2.03. The van der Waals surface area contributed by atoms with Gasteiger partial charge in [-0.15, -0.1) is 0 Å². The Balaban J connectivity index is 1.97. The van der Waals surface area contributed by atoms with Crippen LogP contribution < -0.4 is 10.6 Å². The van der Waals surface area contributed by atoms with E-state index in [2.05, 4.69) is 10.6 Å². The van der Waals surface area contributed by atoms with Crippen LogP contribution in [0.2, 0.25) is 5.02 Å². The molecule has 118 valence electrons. The van der Waals surface area contributed by atoms with Gasteiger partial charge in [0.05, 0.1) is 5.02 Å². The second-order valence-corrected chi connectivity index (χ2v) is 5.16. The first-order chi connectivity index (χ1) is 10.9. The third-order valence-corrected chi connectivity index (χ3v) is 3.13. The Labute approximate surface area is 138 Å². The molecule has 0 saturated heterocycles. The van der Waals surface area contributed by atoms with Gasteiger partial charge in [-0.3, -0.25) is 9.59 Å². The number of carbonyl (C=O) groups excluding carboxylic acids is 2. The normalized spacial score (nSPS) is 10.6. The maximum absolute atomic E-state index is 13.0. The van der Waals surface area contributed by atoms with Crippen LogP contribution in [-0.4, -0.2) is 11.8 Å². The van der Waals surface area contributed by atoms with Crippen LogP contribution in [0.25, 0.3) is 6.08 Å². The number of halogens is 2. The van der Waals surface area contributed by atoms with Crippen LogP contribution in [-0.2, 0) is 9.59 Å². The molecule has 0 fully saturated rings. The summed E-state index contributed by atoms with van der Waals surface area (Å²) in [5.41, 5.74) is 1.89. The number of amides is 2. The SMILES string of the molecule is CC(=O)Nc1ccc(C=CC(=O)Nc2ccc(F)c(Cl)c2)cc1. The van der Waals surface area contributed by atoms with E-state index in [0.717, 1.165) is 5.56 Å². The molecule has 2 rings (SSSR count). The fraction of sp³-hybridized carbons (Fsp3) is 0.0588. The van der Waals surface area contributed by atoms with Gasteiger partial charge in [0.1, 0.15) is 5.82 Å². The summed E-state index contributed by atoms with van der Waals surface area (Å²) in [5.74, 6) is -1.05. The molecule has 0 spiro atoms. The molecule has 0 heterocycles. The highest BCUT2D eigenvalue weighted by atomic mass is 35.5. The zero-order valence-electron chi connectivity index (χ0n) is 12.3. The van der Waals surface area contributed by atoms with Crippen molar-refractivity contribution in [1.29, 1.82) is 0 Å². The van der Waals surface area contributed by atoms with Crippen LogP contribution >= 0.6 is 11.6 Å². The van der Waals surface area contributed by atoms with Crippen molar-refractivity contribution in [2.45, 2.75) is 6.92 Å². The first-order valence-corrected chi connectivity index (χ1v) is 7.13. The maximum atomic E-state index is 13.0. The van der Waals surface area contributed by atoms with E-state index >= 15 is 0 Å². The fourth-order valence-electron chi connectivity index (χ4n) is 1.81. The van der Waals surface area contributed by atoms with E-state index in [4.69, 9.17) is 11.6 Å². The molecule has 23 heavy (non-hydrogen) atoms. The molecule has 2 amide bonds. The van der Waals surface area contributed by atoms with E-state index in [1.807, 2.05) is 0 Å². The molecular weight excluding hydrogens is 319 g/mol. The molecule has 2 aromatic carbocycles. The quantitative estimate of drug-likeness (QED) is 0.828. The molecule has 0 unspecified atom stereocenters. The van der Waals surface area contributed by atoms with E-state index in [1.165, 1.54) is 31.2 Å². The molecule has 6 heteroatoms. The van der Waals surface area contributed by atoms with Gasteiger partial charge in [0.15, 0.2) is 0 Å². The molecule has 4 nitrogen and oxygen atoms in total. The fourth-order valence-corrected chi connectivity index (χ4v) is 1.99. The van der Waals surface area contributed by atoms with Crippen molar-refractivity contribution < 1.29 is 14.0 Å². The van der Waals surface area contributed by atoms with Gasteiger partial charge in [0.25, 0.3) is 0 Å². The van der Waals surface area contributed by atoms with Gasteiger partial charge in [-0.2, -0.15) is 0 Å². The van der Waals surface area contributed by atoms with E-state index in [-0.39, 0.29) is 16.8 Å². The van der Waals surface area contributed by atoms with Crippen LogP contribution in [0.3, 0.4) is 0 Å². The summed E-state index contributed by atoms with van der Waals surface area (Å²) in [5, 5.41) is 5.18. The monoisotopic (exact) mass is 332 g/mol. The molecule has 0 saturated carbocycles. The Morgan fingerprint density at radius 2 is 1.70 bits per heavy atom. The second-order valence-electron chi connectivity index (χ2n) is 4.75. The van der Waals surface area contributed by atoms with Crippen molar-refractivity contribution in [3.05, 3.63) is 64.9 Å². The largest absolute Gasteiger partial charge is 0.326 e. The van der Waals surface area contributed by atoms with Crippen molar-refractivity contribution in [3.8, 4) is 0 Å². The number of nitrogens with one attached hydrogen (secondary N) is 2. The number of rotatable bonds is 4. The minimum Gasteiger partial charge on any atom is -0.326 e. The molecule has 0 aromatic heterocycles. The summed E-state index contributed by atoms with van der Waals surface area (Å²) in [4.78, 5) is 22.7. The Bertz CT molecular complexity index is 758. The molecular formula is C17H14ClFN2O2. The van der Waals surface area contributed by atoms with Gasteiger partial charge in [0.2, 0.25) is 11.8 Å². The lowest BCUT2D eigenvalue weighted by Crippen LogP contribution is -2.07. The van der Waals surface area contributed by atoms with Gasteiger partial charge >= 0.3 is 0 Å². The van der Waals surface area contributed by atoms with Gasteiger partial charge in [0, 0.05) is 24.4 Å². The predicted molar refractivity (Wildman–Crippen MR) is 89.8 cm³/mol. The maximum Gasteiger partial charge on any atom is 0.248 e. The molecule has 0 aliphatic carbocycles. The number of benzene rings is 2. The number of hydrogen-bond acceptors (Lipinski definition) is 2. The summed E-state index contributed by atoms with van der Waals surface area (Å²) in [6.45, 7) is 1.43. The standard InChI is InChI=1S/C17H14ClFN2O2/c1-11(22)20-13-5-2-12(3-6-13)4-9-17(23)21-14-7-8-16(19)15(18)10-14/h2-10H,1H3,(H,20,22)(H,21,23). The van der Waals surface area contributed by atoms with E-state index < -0.39 is 5.82 Å². The van der Waals surface area contributed by atoms with Crippen LogP contribution in [0.15, 0.2) is 48.5 Å². The van der Waals surface area contributed by atoms with Gasteiger partial charge in [-0.25, -0.2) is 4.39 Å². The van der Waals surface area contributed by atoms with Gasteiger partial charge in [-0.05, 0) is 42.0 Å². The van der Waals surface area contributed by atoms with Crippen molar-refractivity contribution in [2.24, 2.45) is 0 Å². The summed E-state index contributed by atoms with van der Waals surface area (Å²) in [6.07, 6.45) is 2.97. The van der Waals surface area contributed by atoms with Crippen LogP contribution in [0.5, 0.6) is 0 Å². The van der Waals surface area contributed by atoms with Crippen LogP contribution in [0.4, 0.5) is 15.8 Å². The highest BCUT2D eigenvalue weighted by molar-refractivity contribution is 6.31. The number of anilines is 2. The van der Waals surface area contributed by atoms with Crippen molar-refractivity contribution in [1.82, 2.24) is 0 Å².